The SMILES string of the molecule is O=c1c(Br)c(NC2(CO)CCC2)cnn1CCO. The molecule has 100 valence electrons. The van der Waals surface area contributed by atoms with Gasteiger partial charge in [0.1, 0.15) is 4.47 Å². The van der Waals surface area contributed by atoms with Crippen LogP contribution in [0.5, 0.6) is 0 Å². The highest BCUT2D eigenvalue weighted by molar-refractivity contribution is 9.10. The second kappa shape index (κ2) is 5.38. The molecule has 0 atom stereocenters. The van der Waals surface area contributed by atoms with E-state index < -0.39 is 0 Å². The van der Waals surface area contributed by atoms with Crippen molar-refractivity contribution in [2.45, 2.75) is 31.3 Å². The summed E-state index contributed by atoms with van der Waals surface area (Å²) >= 11 is 3.24. The second-order valence-electron chi connectivity index (χ2n) is 4.54. The van der Waals surface area contributed by atoms with Crippen LogP contribution in [0.15, 0.2) is 15.5 Å². The highest BCUT2D eigenvalue weighted by Crippen LogP contribution is 2.35. The van der Waals surface area contributed by atoms with Crippen LogP contribution in [-0.4, -0.2) is 38.7 Å². The third-order valence-corrected chi connectivity index (χ3v) is 4.08. The number of rotatable bonds is 5. The lowest BCUT2D eigenvalue weighted by molar-refractivity contribution is 0.144. The molecule has 1 aliphatic rings. The molecule has 0 amide bonds. The molecule has 0 spiro atoms. The van der Waals surface area contributed by atoms with Gasteiger partial charge in [-0.15, -0.1) is 0 Å². The molecule has 6 nitrogen and oxygen atoms in total. The zero-order chi connectivity index (χ0) is 13.2. The minimum absolute atomic E-state index is 0.0408. The van der Waals surface area contributed by atoms with Crippen molar-refractivity contribution in [1.82, 2.24) is 9.78 Å². The molecule has 1 heterocycles. The molecule has 0 unspecified atom stereocenters. The molecule has 3 N–H and O–H groups in total. The van der Waals surface area contributed by atoms with Gasteiger partial charge in [-0.3, -0.25) is 4.79 Å². The van der Waals surface area contributed by atoms with Crippen LogP contribution >= 0.6 is 15.9 Å². The predicted molar refractivity (Wildman–Crippen MR) is 70.6 cm³/mol. The first kappa shape index (κ1) is 13.5. The van der Waals surface area contributed by atoms with E-state index in [1.807, 2.05) is 0 Å². The number of hydrogen-bond donors (Lipinski definition) is 3. The van der Waals surface area contributed by atoms with E-state index in [4.69, 9.17) is 5.11 Å². The second-order valence-corrected chi connectivity index (χ2v) is 5.33. The third kappa shape index (κ3) is 2.43. The van der Waals surface area contributed by atoms with Gasteiger partial charge < -0.3 is 15.5 Å². The predicted octanol–water partition coefficient (Wildman–Crippen LogP) is 0.325. The van der Waals surface area contributed by atoms with E-state index in [9.17, 15) is 9.90 Å². The molecule has 7 heteroatoms. The largest absolute Gasteiger partial charge is 0.394 e. The maximum absolute atomic E-state index is 11.9. The Kier molecular flexibility index (Phi) is 4.04. The minimum Gasteiger partial charge on any atom is -0.394 e. The van der Waals surface area contributed by atoms with Crippen molar-refractivity contribution < 1.29 is 10.2 Å². The van der Waals surface area contributed by atoms with E-state index in [1.54, 1.807) is 0 Å². The van der Waals surface area contributed by atoms with Crippen LogP contribution in [0.25, 0.3) is 0 Å². The molecule has 0 aromatic carbocycles. The maximum Gasteiger partial charge on any atom is 0.283 e. The van der Waals surface area contributed by atoms with E-state index in [1.165, 1.54) is 10.9 Å². The molecular formula is C11H16BrN3O3. The lowest BCUT2D eigenvalue weighted by Gasteiger charge is -2.41. The molecule has 1 saturated carbocycles. The van der Waals surface area contributed by atoms with Crippen molar-refractivity contribution in [2.75, 3.05) is 18.5 Å². The van der Waals surface area contributed by atoms with Gasteiger partial charge in [-0.25, -0.2) is 4.68 Å². The van der Waals surface area contributed by atoms with Gasteiger partial charge in [0.05, 0.1) is 37.2 Å². The summed E-state index contributed by atoms with van der Waals surface area (Å²) in [6, 6.07) is 0. The lowest BCUT2D eigenvalue weighted by Crippen LogP contribution is -2.48. The Morgan fingerprint density at radius 2 is 2.22 bits per heavy atom. The highest BCUT2D eigenvalue weighted by Gasteiger charge is 2.36. The first-order valence-electron chi connectivity index (χ1n) is 5.87. The monoisotopic (exact) mass is 317 g/mol. The summed E-state index contributed by atoms with van der Waals surface area (Å²) in [7, 11) is 0. The minimum atomic E-state index is -0.320. The van der Waals surface area contributed by atoms with Crippen LogP contribution in [0.1, 0.15) is 19.3 Å². The fourth-order valence-corrected chi connectivity index (χ4v) is 2.42. The van der Waals surface area contributed by atoms with Crippen molar-refractivity contribution in [3.05, 3.63) is 21.0 Å². The Bertz CT molecular complexity index is 479. The summed E-state index contributed by atoms with van der Waals surface area (Å²) in [6.07, 6.45) is 4.38. The molecule has 0 aliphatic heterocycles. The number of aliphatic hydroxyl groups is 2. The fourth-order valence-electron chi connectivity index (χ4n) is 2.02. The quantitative estimate of drug-likeness (QED) is 0.728. The Hall–Kier alpha value is -0.920. The van der Waals surface area contributed by atoms with Gasteiger partial charge in [0.2, 0.25) is 0 Å². The van der Waals surface area contributed by atoms with Gasteiger partial charge in [0.25, 0.3) is 5.56 Å². The van der Waals surface area contributed by atoms with Crippen LogP contribution in [-0.2, 0) is 6.54 Å². The average molecular weight is 318 g/mol. The normalized spacial score (nSPS) is 17.3. The van der Waals surface area contributed by atoms with Crippen LogP contribution in [0.3, 0.4) is 0 Å². The molecule has 1 aromatic heterocycles. The van der Waals surface area contributed by atoms with Crippen LogP contribution in [0, 0.1) is 0 Å². The molecule has 1 aliphatic carbocycles. The Labute approximate surface area is 113 Å². The van der Waals surface area contributed by atoms with Crippen molar-refractivity contribution in [3.63, 3.8) is 0 Å². The standard InChI is InChI=1S/C11H16BrN3O3/c12-9-8(14-11(7-17)2-1-3-11)6-13-15(4-5-16)10(9)18/h6,14,16-17H,1-5,7H2. The number of halogens is 1. The van der Waals surface area contributed by atoms with Crippen molar-refractivity contribution in [3.8, 4) is 0 Å². The Morgan fingerprint density at radius 3 is 2.72 bits per heavy atom. The van der Waals surface area contributed by atoms with E-state index in [0.717, 1.165) is 19.3 Å². The number of anilines is 1. The van der Waals surface area contributed by atoms with E-state index in [0.29, 0.717) is 10.2 Å². The smallest absolute Gasteiger partial charge is 0.283 e. The lowest BCUT2D eigenvalue weighted by atomic mass is 9.77. The number of nitrogens with zero attached hydrogens (tertiary/aromatic N) is 2. The van der Waals surface area contributed by atoms with Crippen molar-refractivity contribution in [2.24, 2.45) is 0 Å². The fraction of sp³-hybridized carbons (Fsp3) is 0.636. The zero-order valence-corrected chi connectivity index (χ0v) is 11.5. The first-order chi connectivity index (χ1) is 8.62. The van der Waals surface area contributed by atoms with E-state index >= 15 is 0 Å². The zero-order valence-electron chi connectivity index (χ0n) is 9.90. The molecule has 1 aromatic rings. The van der Waals surface area contributed by atoms with Crippen LogP contribution in [0.4, 0.5) is 5.69 Å². The molecule has 0 bridgehead atoms. The molecule has 18 heavy (non-hydrogen) atoms. The van der Waals surface area contributed by atoms with Crippen molar-refractivity contribution >= 4 is 21.6 Å². The molecule has 0 radical (unpaired) electrons. The molecular weight excluding hydrogens is 302 g/mol. The van der Waals surface area contributed by atoms with Gasteiger partial charge in [-0.1, -0.05) is 0 Å². The van der Waals surface area contributed by atoms with Crippen LogP contribution < -0.4 is 10.9 Å². The van der Waals surface area contributed by atoms with Gasteiger partial charge in [-0.2, -0.15) is 5.10 Å². The van der Waals surface area contributed by atoms with Crippen molar-refractivity contribution in [1.29, 1.82) is 0 Å². The summed E-state index contributed by atoms with van der Waals surface area (Å²) in [4.78, 5) is 11.9. The third-order valence-electron chi connectivity index (χ3n) is 3.31. The first-order valence-corrected chi connectivity index (χ1v) is 6.67. The number of hydrogen-bond acceptors (Lipinski definition) is 5. The van der Waals surface area contributed by atoms with E-state index in [2.05, 4.69) is 26.3 Å². The summed E-state index contributed by atoms with van der Waals surface area (Å²) in [6.45, 7) is 0.0781. The van der Waals surface area contributed by atoms with Gasteiger partial charge in [0.15, 0.2) is 0 Å². The Balaban J connectivity index is 2.24. The number of nitrogens with one attached hydrogen (secondary N) is 1. The Morgan fingerprint density at radius 1 is 1.50 bits per heavy atom. The van der Waals surface area contributed by atoms with Crippen LogP contribution in [0.2, 0.25) is 0 Å². The van der Waals surface area contributed by atoms with Gasteiger partial charge in [0, 0.05) is 0 Å². The van der Waals surface area contributed by atoms with Gasteiger partial charge in [-0.05, 0) is 35.2 Å². The average Bonchev–Trinajstić information content (AvgIpc) is 2.33. The molecule has 0 saturated heterocycles. The number of aliphatic hydroxyl groups excluding tert-OH is 2. The summed E-state index contributed by atoms with van der Waals surface area (Å²) < 4.78 is 1.58. The van der Waals surface area contributed by atoms with E-state index in [-0.39, 0.29) is 30.9 Å². The van der Waals surface area contributed by atoms with Gasteiger partial charge >= 0.3 is 0 Å². The topological polar surface area (TPSA) is 87.4 Å². The highest BCUT2D eigenvalue weighted by atomic mass is 79.9. The summed E-state index contributed by atoms with van der Waals surface area (Å²) in [5, 5.41) is 25.4. The molecule has 1 fully saturated rings. The summed E-state index contributed by atoms with van der Waals surface area (Å²) in [5.74, 6) is 0. The molecule has 2 rings (SSSR count). The maximum atomic E-state index is 11.9. The summed E-state index contributed by atoms with van der Waals surface area (Å²) in [5.41, 5.74) is -0.0239. The number of aromatic nitrogens is 2.